The Morgan fingerprint density at radius 1 is 1.43 bits per heavy atom. The van der Waals surface area contributed by atoms with Crippen molar-refractivity contribution in [3.8, 4) is 5.75 Å². The van der Waals surface area contributed by atoms with E-state index < -0.39 is 40.7 Å². The molecule has 2 aromatic rings. The molecule has 1 fully saturated rings. The molecule has 1 aromatic carbocycles. The Hall–Kier alpha value is -2.68. The Labute approximate surface area is 158 Å². The molecule has 2 aliphatic rings. The average molecular weight is 394 g/mol. The van der Waals surface area contributed by atoms with Crippen LogP contribution in [0.25, 0.3) is 10.9 Å². The van der Waals surface area contributed by atoms with Gasteiger partial charge in [0.1, 0.15) is 17.9 Å². The van der Waals surface area contributed by atoms with Gasteiger partial charge in [-0.15, -0.1) is 0 Å². The SMILES string of the molecule is CC(O)C1(F)CCN(c2c(F)cc3cc(C(=O)O)c(=O)n4c3c2OC[C@@H]4C)C1. The minimum atomic E-state index is -1.87. The minimum absolute atomic E-state index is 0.0239. The van der Waals surface area contributed by atoms with Gasteiger partial charge in [-0.2, -0.15) is 0 Å². The number of carbonyl (C=O) groups is 1. The standard InChI is InChI=1S/C19H20F2N2O5/c1-9-7-28-16-14-11(5-12(18(26)27)17(25)23(9)14)6-13(20)15(16)22-4-3-19(21,8-22)10(2)24/h5-6,9-10,24H,3-4,7-8H2,1-2H3,(H,26,27)/t9-,10?,19?/m0/s1. The third-order valence-corrected chi connectivity index (χ3v) is 5.66. The van der Waals surface area contributed by atoms with Gasteiger partial charge in [-0.1, -0.05) is 0 Å². The normalized spacial score (nSPS) is 25.0. The van der Waals surface area contributed by atoms with E-state index in [-0.39, 0.29) is 42.9 Å². The number of pyridine rings is 1. The van der Waals surface area contributed by atoms with Crippen molar-refractivity contribution in [2.75, 3.05) is 24.6 Å². The number of rotatable bonds is 3. The van der Waals surface area contributed by atoms with Gasteiger partial charge >= 0.3 is 5.97 Å². The van der Waals surface area contributed by atoms with Crippen LogP contribution in [0.15, 0.2) is 16.9 Å². The number of anilines is 1. The van der Waals surface area contributed by atoms with Gasteiger partial charge in [-0.05, 0) is 26.0 Å². The number of aliphatic hydroxyl groups excluding tert-OH is 1. The first kappa shape index (κ1) is 18.7. The van der Waals surface area contributed by atoms with E-state index in [1.54, 1.807) is 6.92 Å². The largest absolute Gasteiger partial charge is 0.487 e. The molecule has 2 N–H and O–H groups in total. The molecular weight excluding hydrogens is 374 g/mol. The van der Waals surface area contributed by atoms with Gasteiger partial charge in [0.25, 0.3) is 5.56 Å². The van der Waals surface area contributed by atoms with Crippen molar-refractivity contribution in [1.29, 1.82) is 0 Å². The van der Waals surface area contributed by atoms with E-state index in [2.05, 4.69) is 0 Å². The highest BCUT2D eigenvalue weighted by atomic mass is 19.1. The monoisotopic (exact) mass is 394 g/mol. The maximum absolute atomic E-state index is 15.0. The van der Waals surface area contributed by atoms with Gasteiger partial charge < -0.3 is 19.8 Å². The number of hydrogen-bond donors (Lipinski definition) is 2. The molecule has 7 nitrogen and oxygen atoms in total. The second kappa shape index (κ2) is 6.16. The summed E-state index contributed by atoms with van der Waals surface area (Å²) < 4.78 is 36.9. The molecule has 4 rings (SSSR count). The molecular formula is C19H20F2N2O5. The van der Waals surface area contributed by atoms with Crippen molar-refractivity contribution in [2.45, 2.75) is 38.1 Å². The summed E-state index contributed by atoms with van der Waals surface area (Å²) in [5, 5.41) is 19.3. The van der Waals surface area contributed by atoms with Crippen LogP contribution in [0.3, 0.4) is 0 Å². The number of hydrogen-bond acceptors (Lipinski definition) is 5. The molecule has 9 heteroatoms. The first-order chi connectivity index (χ1) is 13.1. The van der Waals surface area contributed by atoms with Crippen LogP contribution < -0.4 is 15.2 Å². The lowest BCUT2D eigenvalue weighted by Crippen LogP contribution is -2.39. The van der Waals surface area contributed by atoms with E-state index in [0.29, 0.717) is 5.52 Å². The second-order valence-corrected chi connectivity index (χ2v) is 7.55. The molecule has 1 aromatic heterocycles. The van der Waals surface area contributed by atoms with E-state index in [1.165, 1.54) is 16.4 Å². The van der Waals surface area contributed by atoms with E-state index in [4.69, 9.17) is 4.74 Å². The lowest BCUT2D eigenvalue weighted by Gasteiger charge is -2.31. The van der Waals surface area contributed by atoms with Crippen molar-refractivity contribution >= 4 is 22.6 Å². The number of ether oxygens (including phenoxy) is 1. The maximum Gasteiger partial charge on any atom is 0.341 e. The summed E-state index contributed by atoms with van der Waals surface area (Å²) in [4.78, 5) is 25.6. The second-order valence-electron chi connectivity index (χ2n) is 7.55. The van der Waals surface area contributed by atoms with Crippen LogP contribution >= 0.6 is 0 Å². The predicted molar refractivity (Wildman–Crippen MR) is 97.7 cm³/mol. The average Bonchev–Trinajstić information content (AvgIpc) is 3.02. The molecule has 2 unspecified atom stereocenters. The van der Waals surface area contributed by atoms with Crippen molar-refractivity contribution in [1.82, 2.24) is 4.57 Å². The number of aliphatic hydroxyl groups is 1. The molecule has 0 aliphatic carbocycles. The molecule has 1 saturated heterocycles. The zero-order valence-corrected chi connectivity index (χ0v) is 15.4. The van der Waals surface area contributed by atoms with Crippen LogP contribution in [0.1, 0.15) is 36.7 Å². The Morgan fingerprint density at radius 3 is 2.75 bits per heavy atom. The van der Waals surface area contributed by atoms with Gasteiger partial charge in [0, 0.05) is 18.4 Å². The van der Waals surface area contributed by atoms with Crippen molar-refractivity contribution in [3.05, 3.63) is 33.9 Å². The summed E-state index contributed by atoms with van der Waals surface area (Å²) in [5.74, 6) is -2.00. The number of carboxylic acids is 1. The molecule has 3 heterocycles. The molecule has 3 atom stereocenters. The molecule has 0 radical (unpaired) electrons. The van der Waals surface area contributed by atoms with E-state index >= 15 is 4.39 Å². The first-order valence-electron chi connectivity index (χ1n) is 9.04. The highest BCUT2D eigenvalue weighted by Gasteiger charge is 2.44. The smallest absolute Gasteiger partial charge is 0.341 e. The topological polar surface area (TPSA) is 92.0 Å². The predicted octanol–water partition coefficient (Wildman–Crippen LogP) is 2.09. The fourth-order valence-electron chi connectivity index (χ4n) is 4.04. The quantitative estimate of drug-likeness (QED) is 0.828. The summed E-state index contributed by atoms with van der Waals surface area (Å²) in [6, 6.07) is 1.82. The third kappa shape index (κ3) is 2.56. The maximum atomic E-state index is 15.0. The van der Waals surface area contributed by atoms with Crippen molar-refractivity contribution in [2.24, 2.45) is 0 Å². The van der Waals surface area contributed by atoms with E-state index in [1.807, 2.05) is 0 Å². The number of alkyl halides is 1. The van der Waals surface area contributed by atoms with Crippen molar-refractivity contribution < 1.29 is 28.5 Å². The summed E-state index contributed by atoms with van der Waals surface area (Å²) in [5.41, 5.74) is -2.70. The highest BCUT2D eigenvalue weighted by Crippen LogP contribution is 2.44. The van der Waals surface area contributed by atoms with Crippen LogP contribution in [0.2, 0.25) is 0 Å². The van der Waals surface area contributed by atoms with Crippen LogP contribution in [0.5, 0.6) is 5.75 Å². The molecule has 28 heavy (non-hydrogen) atoms. The zero-order valence-electron chi connectivity index (χ0n) is 15.4. The summed E-state index contributed by atoms with van der Waals surface area (Å²) in [6.45, 7) is 3.07. The van der Waals surface area contributed by atoms with Gasteiger partial charge in [0.05, 0.1) is 24.2 Å². The minimum Gasteiger partial charge on any atom is -0.487 e. The van der Waals surface area contributed by atoms with Crippen LogP contribution in [-0.4, -0.2) is 52.2 Å². The first-order valence-corrected chi connectivity index (χ1v) is 9.04. The molecule has 0 amide bonds. The Kier molecular flexibility index (Phi) is 4.11. The summed E-state index contributed by atoms with van der Waals surface area (Å²) >= 11 is 0. The Bertz CT molecular complexity index is 1050. The number of halogens is 2. The fourth-order valence-corrected chi connectivity index (χ4v) is 4.04. The fraction of sp³-hybridized carbons (Fsp3) is 0.474. The summed E-state index contributed by atoms with van der Waals surface area (Å²) in [6.07, 6.45) is -1.18. The van der Waals surface area contributed by atoms with Gasteiger partial charge in [-0.3, -0.25) is 9.36 Å². The molecule has 0 bridgehead atoms. The number of aromatic nitrogens is 1. The van der Waals surface area contributed by atoms with E-state index in [9.17, 15) is 24.2 Å². The molecule has 0 saturated carbocycles. The lowest BCUT2D eigenvalue weighted by atomic mass is 9.99. The number of carboxylic acid groups (broad SMARTS) is 1. The molecule has 2 aliphatic heterocycles. The number of nitrogens with zero attached hydrogens (tertiary/aromatic N) is 2. The Balaban J connectivity index is 1.97. The van der Waals surface area contributed by atoms with Gasteiger partial charge in [-0.25, -0.2) is 13.6 Å². The van der Waals surface area contributed by atoms with E-state index in [0.717, 1.165) is 12.1 Å². The summed E-state index contributed by atoms with van der Waals surface area (Å²) in [7, 11) is 0. The van der Waals surface area contributed by atoms with Crippen molar-refractivity contribution in [3.63, 3.8) is 0 Å². The van der Waals surface area contributed by atoms with Gasteiger partial charge in [0.15, 0.2) is 17.2 Å². The van der Waals surface area contributed by atoms with Gasteiger partial charge in [0.2, 0.25) is 0 Å². The number of aromatic carboxylic acids is 1. The number of benzene rings is 1. The molecule has 0 spiro atoms. The van der Waals surface area contributed by atoms with Crippen LogP contribution in [0, 0.1) is 5.82 Å². The third-order valence-electron chi connectivity index (χ3n) is 5.66. The van der Waals surface area contributed by atoms with Crippen LogP contribution in [0.4, 0.5) is 14.5 Å². The van der Waals surface area contributed by atoms with Crippen LogP contribution in [-0.2, 0) is 0 Å². The zero-order chi connectivity index (χ0) is 20.4. The molecule has 150 valence electrons. The lowest BCUT2D eigenvalue weighted by molar-refractivity contribution is 0.0191. The Morgan fingerprint density at radius 2 is 2.14 bits per heavy atom. The highest BCUT2D eigenvalue weighted by molar-refractivity contribution is 5.97.